The Bertz CT molecular complexity index is 376. The van der Waals surface area contributed by atoms with Crippen molar-refractivity contribution >= 4 is 40.1 Å². The lowest BCUT2D eigenvalue weighted by atomic mass is 10.2. The average molecular weight is 322 g/mol. The summed E-state index contributed by atoms with van der Waals surface area (Å²) < 4.78 is 0.965. The van der Waals surface area contributed by atoms with Crippen molar-refractivity contribution in [1.29, 1.82) is 0 Å². The zero-order chi connectivity index (χ0) is 10.1. The van der Waals surface area contributed by atoms with E-state index in [2.05, 4.69) is 27.9 Å². The van der Waals surface area contributed by atoms with E-state index in [-0.39, 0.29) is 5.91 Å². The van der Waals surface area contributed by atoms with Crippen LogP contribution in [0.25, 0.3) is 0 Å². The third-order valence-corrected chi connectivity index (χ3v) is 3.67. The second kappa shape index (κ2) is 4.06. The molecule has 1 aliphatic rings. The highest BCUT2D eigenvalue weighted by Gasteiger charge is 2.23. The largest absolute Gasteiger partial charge is 0.349 e. The molecule has 1 aliphatic carbocycles. The molecule has 0 unspecified atom stereocenters. The van der Waals surface area contributed by atoms with E-state index in [1.807, 2.05) is 6.07 Å². The molecule has 1 saturated carbocycles. The topological polar surface area (TPSA) is 29.1 Å². The van der Waals surface area contributed by atoms with Crippen LogP contribution in [0.4, 0.5) is 0 Å². The van der Waals surface area contributed by atoms with Crippen LogP contribution < -0.4 is 5.32 Å². The van der Waals surface area contributed by atoms with Crippen LogP contribution in [0.15, 0.2) is 18.2 Å². The molecule has 2 nitrogen and oxygen atoms in total. The summed E-state index contributed by atoms with van der Waals surface area (Å²) in [5.41, 5.74) is 0.641. The first-order valence-corrected chi connectivity index (χ1v) is 5.88. The Hall–Kier alpha value is -0.290. The van der Waals surface area contributed by atoms with E-state index >= 15 is 0 Å². The maximum Gasteiger partial charge on any atom is 0.251 e. The van der Waals surface area contributed by atoms with Crippen LogP contribution in [-0.4, -0.2) is 11.9 Å². The van der Waals surface area contributed by atoms with Gasteiger partial charge in [0.05, 0.1) is 5.02 Å². The van der Waals surface area contributed by atoms with Crippen LogP contribution in [0.5, 0.6) is 0 Å². The summed E-state index contributed by atoms with van der Waals surface area (Å²) in [7, 11) is 0. The van der Waals surface area contributed by atoms with Crippen molar-refractivity contribution in [3.05, 3.63) is 32.4 Å². The van der Waals surface area contributed by atoms with Crippen molar-refractivity contribution in [2.75, 3.05) is 0 Å². The van der Waals surface area contributed by atoms with Crippen molar-refractivity contribution in [2.24, 2.45) is 0 Å². The van der Waals surface area contributed by atoms with E-state index in [9.17, 15) is 4.79 Å². The summed E-state index contributed by atoms with van der Waals surface area (Å²) in [4.78, 5) is 11.6. The number of hydrogen-bond acceptors (Lipinski definition) is 1. The van der Waals surface area contributed by atoms with Crippen LogP contribution >= 0.6 is 34.2 Å². The Morgan fingerprint density at radius 2 is 2.21 bits per heavy atom. The van der Waals surface area contributed by atoms with Crippen molar-refractivity contribution in [3.63, 3.8) is 0 Å². The number of hydrogen-bond donors (Lipinski definition) is 1. The Balaban J connectivity index is 2.14. The minimum Gasteiger partial charge on any atom is -0.349 e. The third kappa shape index (κ3) is 2.39. The Morgan fingerprint density at radius 1 is 1.50 bits per heavy atom. The number of rotatable bonds is 2. The van der Waals surface area contributed by atoms with Gasteiger partial charge in [0.25, 0.3) is 5.91 Å². The molecule has 1 fully saturated rings. The monoisotopic (exact) mass is 321 g/mol. The molecule has 0 aromatic heterocycles. The fourth-order valence-corrected chi connectivity index (χ4v) is 1.65. The summed E-state index contributed by atoms with van der Waals surface area (Å²) in [6, 6.07) is 5.75. The summed E-state index contributed by atoms with van der Waals surface area (Å²) in [6.45, 7) is 0. The predicted octanol–water partition coefficient (Wildman–Crippen LogP) is 2.84. The van der Waals surface area contributed by atoms with Gasteiger partial charge in [0.15, 0.2) is 0 Å². The molecule has 1 amide bonds. The van der Waals surface area contributed by atoms with Gasteiger partial charge in [0.1, 0.15) is 0 Å². The van der Waals surface area contributed by atoms with Crippen LogP contribution in [-0.2, 0) is 0 Å². The quantitative estimate of drug-likeness (QED) is 0.834. The van der Waals surface area contributed by atoms with E-state index in [1.165, 1.54) is 0 Å². The van der Waals surface area contributed by atoms with Gasteiger partial charge >= 0.3 is 0 Å². The number of halogens is 2. The first-order chi connectivity index (χ1) is 6.66. The van der Waals surface area contributed by atoms with E-state index < -0.39 is 0 Å². The van der Waals surface area contributed by atoms with Crippen molar-refractivity contribution in [2.45, 2.75) is 18.9 Å². The van der Waals surface area contributed by atoms with E-state index in [1.54, 1.807) is 12.1 Å². The molecule has 0 atom stereocenters. The lowest BCUT2D eigenvalue weighted by molar-refractivity contribution is 0.0951. The van der Waals surface area contributed by atoms with E-state index in [0.29, 0.717) is 16.6 Å². The Kier molecular flexibility index (Phi) is 2.97. The third-order valence-electron chi connectivity index (χ3n) is 2.09. The fourth-order valence-electron chi connectivity index (χ4n) is 1.13. The molecule has 4 heteroatoms. The molecule has 0 spiro atoms. The minimum absolute atomic E-state index is 0.0224. The normalized spacial score (nSPS) is 15.3. The first kappa shape index (κ1) is 10.2. The van der Waals surface area contributed by atoms with Gasteiger partial charge in [-0.25, -0.2) is 0 Å². The molecule has 0 bridgehead atoms. The summed E-state index contributed by atoms with van der Waals surface area (Å²) in [6.07, 6.45) is 2.20. The maximum atomic E-state index is 11.6. The molecular weight excluding hydrogens is 312 g/mol. The average Bonchev–Trinajstić information content (AvgIpc) is 2.93. The molecule has 0 aliphatic heterocycles. The standard InChI is InChI=1S/C10H9ClINO/c11-8-5-6(1-4-9(8)12)10(14)13-7-2-3-7/h1,4-5,7H,2-3H2,(H,13,14). The van der Waals surface area contributed by atoms with Gasteiger partial charge in [-0.05, 0) is 53.6 Å². The molecule has 1 aromatic carbocycles. The van der Waals surface area contributed by atoms with Gasteiger partial charge in [0.2, 0.25) is 0 Å². The Labute approximate surface area is 101 Å². The van der Waals surface area contributed by atoms with Crippen LogP contribution in [0.1, 0.15) is 23.2 Å². The SMILES string of the molecule is O=C(NC1CC1)c1ccc(I)c(Cl)c1. The molecule has 0 saturated heterocycles. The van der Waals surface area contributed by atoms with Gasteiger partial charge in [0, 0.05) is 15.2 Å². The second-order valence-corrected chi connectivity index (χ2v) is 4.95. The van der Waals surface area contributed by atoms with E-state index in [0.717, 1.165) is 16.4 Å². The molecule has 0 radical (unpaired) electrons. The molecule has 14 heavy (non-hydrogen) atoms. The Morgan fingerprint density at radius 3 is 2.79 bits per heavy atom. The van der Waals surface area contributed by atoms with Gasteiger partial charge in [-0.15, -0.1) is 0 Å². The molecule has 74 valence electrons. The molecular formula is C10H9ClINO. The van der Waals surface area contributed by atoms with Gasteiger partial charge in [-0.2, -0.15) is 0 Å². The van der Waals surface area contributed by atoms with Crippen LogP contribution in [0.2, 0.25) is 5.02 Å². The lowest BCUT2D eigenvalue weighted by Gasteiger charge is -2.04. The highest BCUT2D eigenvalue weighted by molar-refractivity contribution is 14.1. The van der Waals surface area contributed by atoms with Crippen LogP contribution in [0.3, 0.4) is 0 Å². The number of benzene rings is 1. The lowest BCUT2D eigenvalue weighted by Crippen LogP contribution is -2.25. The van der Waals surface area contributed by atoms with Crippen LogP contribution in [0, 0.1) is 3.57 Å². The predicted molar refractivity (Wildman–Crippen MR) is 64.7 cm³/mol. The number of carbonyl (C=O) groups is 1. The second-order valence-electron chi connectivity index (χ2n) is 3.38. The van der Waals surface area contributed by atoms with Gasteiger partial charge in [-0.1, -0.05) is 11.6 Å². The summed E-state index contributed by atoms with van der Waals surface area (Å²) in [5.74, 6) is -0.0224. The maximum absolute atomic E-state index is 11.6. The summed E-state index contributed by atoms with van der Waals surface area (Å²) in [5, 5.41) is 3.55. The zero-order valence-electron chi connectivity index (χ0n) is 7.39. The summed E-state index contributed by atoms with van der Waals surface area (Å²) >= 11 is 8.06. The van der Waals surface area contributed by atoms with Gasteiger partial charge in [-0.3, -0.25) is 4.79 Å². The minimum atomic E-state index is -0.0224. The number of nitrogens with one attached hydrogen (secondary N) is 1. The smallest absolute Gasteiger partial charge is 0.251 e. The van der Waals surface area contributed by atoms with Crippen molar-refractivity contribution < 1.29 is 4.79 Å². The molecule has 0 heterocycles. The molecule has 1 aromatic rings. The molecule has 1 N–H and O–H groups in total. The van der Waals surface area contributed by atoms with E-state index in [4.69, 9.17) is 11.6 Å². The van der Waals surface area contributed by atoms with Gasteiger partial charge < -0.3 is 5.32 Å². The zero-order valence-corrected chi connectivity index (χ0v) is 10.3. The molecule has 2 rings (SSSR count). The highest BCUT2D eigenvalue weighted by Crippen LogP contribution is 2.22. The first-order valence-electron chi connectivity index (χ1n) is 4.43. The van der Waals surface area contributed by atoms with Crippen molar-refractivity contribution in [3.8, 4) is 0 Å². The fraction of sp³-hybridized carbons (Fsp3) is 0.300. The number of carbonyl (C=O) groups excluding carboxylic acids is 1. The number of amides is 1. The van der Waals surface area contributed by atoms with Crippen molar-refractivity contribution in [1.82, 2.24) is 5.32 Å². The highest BCUT2D eigenvalue weighted by atomic mass is 127.